The number of ether oxygens (including phenoxy) is 1. The van der Waals surface area contributed by atoms with Crippen LogP contribution in [0.2, 0.25) is 0 Å². The predicted octanol–water partition coefficient (Wildman–Crippen LogP) is 2.80. The lowest BCUT2D eigenvalue weighted by Gasteiger charge is -2.39. The van der Waals surface area contributed by atoms with E-state index in [0.717, 1.165) is 31.8 Å². The van der Waals surface area contributed by atoms with Gasteiger partial charge in [-0.3, -0.25) is 4.90 Å². The summed E-state index contributed by atoms with van der Waals surface area (Å²) < 4.78 is 5.33. The molecule has 2 aliphatic carbocycles. The lowest BCUT2D eigenvalue weighted by atomic mass is 9.91. The van der Waals surface area contributed by atoms with Gasteiger partial charge < -0.3 is 10.1 Å². The van der Waals surface area contributed by atoms with Gasteiger partial charge in [-0.25, -0.2) is 0 Å². The average Bonchev–Trinajstić information content (AvgIpc) is 3.20. The van der Waals surface area contributed by atoms with E-state index in [2.05, 4.69) is 17.1 Å². The van der Waals surface area contributed by atoms with Crippen LogP contribution in [0, 0.1) is 0 Å². The van der Waals surface area contributed by atoms with E-state index in [-0.39, 0.29) is 0 Å². The Morgan fingerprint density at radius 3 is 2.42 bits per heavy atom. The summed E-state index contributed by atoms with van der Waals surface area (Å²) in [7, 11) is 1.82. The van der Waals surface area contributed by atoms with Gasteiger partial charge >= 0.3 is 0 Å². The van der Waals surface area contributed by atoms with E-state index in [1.807, 2.05) is 7.11 Å². The molecule has 1 N–H and O–H groups in total. The van der Waals surface area contributed by atoms with Crippen molar-refractivity contribution < 1.29 is 4.74 Å². The van der Waals surface area contributed by atoms with Gasteiger partial charge in [0.25, 0.3) is 0 Å². The molecule has 2 aliphatic rings. The second kappa shape index (κ2) is 8.23. The van der Waals surface area contributed by atoms with Crippen LogP contribution in [-0.4, -0.2) is 49.8 Å². The highest BCUT2D eigenvalue weighted by atomic mass is 16.5. The van der Waals surface area contributed by atoms with Crippen LogP contribution >= 0.6 is 0 Å². The van der Waals surface area contributed by atoms with Gasteiger partial charge in [-0.05, 0) is 32.2 Å². The summed E-state index contributed by atoms with van der Waals surface area (Å²) >= 11 is 0. The summed E-state index contributed by atoms with van der Waals surface area (Å²) in [5, 5.41) is 3.76. The second-order valence-electron chi connectivity index (χ2n) is 6.18. The van der Waals surface area contributed by atoms with Crippen LogP contribution in [-0.2, 0) is 4.74 Å². The molecule has 3 heteroatoms. The maximum absolute atomic E-state index is 5.33. The molecule has 2 unspecified atom stereocenters. The molecule has 112 valence electrons. The van der Waals surface area contributed by atoms with Crippen molar-refractivity contribution in [1.82, 2.24) is 10.2 Å². The monoisotopic (exact) mass is 268 g/mol. The van der Waals surface area contributed by atoms with Gasteiger partial charge in [0, 0.05) is 31.8 Å². The van der Waals surface area contributed by atoms with E-state index >= 15 is 0 Å². The lowest BCUT2D eigenvalue weighted by molar-refractivity contribution is 0.0844. The summed E-state index contributed by atoms with van der Waals surface area (Å²) in [5.41, 5.74) is 0. The van der Waals surface area contributed by atoms with E-state index in [4.69, 9.17) is 4.74 Å². The van der Waals surface area contributed by atoms with Crippen LogP contribution in [0.5, 0.6) is 0 Å². The molecule has 0 aromatic heterocycles. The molecule has 2 fully saturated rings. The first-order valence-corrected chi connectivity index (χ1v) is 8.35. The van der Waals surface area contributed by atoms with Crippen molar-refractivity contribution in [2.24, 2.45) is 0 Å². The van der Waals surface area contributed by atoms with Crippen LogP contribution < -0.4 is 5.32 Å². The zero-order valence-corrected chi connectivity index (χ0v) is 12.9. The number of hydrogen-bond acceptors (Lipinski definition) is 3. The zero-order chi connectivity index (χ0) is 13.5. The molecule has 0 bridgehead atoms. The Morgan fingerprint density at radius 2 is 1.79 bits per heavy atom. The first-order valence-electron chi connectivity index (χ1n) is 8.35. The topological polar surface area (TPSA) is 24.5 Å². The first-order chi connectivity index (χ1) is 9.36. The second-order valence-corrected chi connectivity index (χ2v) is 6.18. The van der Waals surface area contributed by atoms with Gasteiger partial charge in [-0.1, -0.05) is 32.6 Å². The SMILES string of the molecule is CCNC1CCCCCCC1N(CCOC)C1CC1. The highest BCUT2D eigenvalue weighted by molar-refractivity contribution is 4.94. The van der Waals surface area contributed by atoms with Crippen LogP contribution in [0.3, 0.4) is 0 Å². The predicted molar refractivity (Wildman–Crippen MR) is 80.6 cm³/mol. The molecule has 0 saturated heterocycles. The van der Waals surface area contributed by atoms with Crippen molar-refractivity contribution >= 4 is 0 Å². The Bertz CT molecular complexity index is 243. The third-order valence-corrected chi connectivity index (χ3v) is 4.69. The maximum Gasteiger partial charge on any atom is 0.0589 e. The number of hydrogen-bond donors (Lipinski definition) is 1. The largest absolute Gasteiger partial charge is 0.383 e. The molecule has 0 spiro atoms. The molecule has 19 heavy (non-hydrogen) atoms. The first kappa shape index (κ1) is 15.3. The fourth-order valence-corrected chi connectivity index (χ4v) is 3.58. The molecule has 0 aliphatic heterocycles. The van der Waals surface area contributed by atoms with Gasteiger partial charge in [0.1, 0.15) is 0 Å². The molecule has 0 radical (unpaired) electrons. The molecule has 0 amide bonds. The van der Waals surface area contributed by atoms with E-state index < -0.39 is 0 Å². The highest BCUT2D eigenvalue weighted by Gasteiger charge is 2.36. The van der Waals surface area contributed by atoms with Crippen LogP contribution in [0.1, 0.15) is 58.3 Å². The fraction of sp³-hybridized carbons (Fsp3) is 1.00. The molecule has 0 heterocycles. The minimum atomic E-state index is 0.697. The minimum absolute atomic E-state index is 0.697. The number of methoxy groups -OCH3 is 1. The number of nitrogens with one attached hydrogen (secondary N) is 1. The Morgan fingerprint density at radius 1 is 1.05 bits per heavy atom. The van der Waals surface area contributed by atoms with Crippen molar-refractivity contribution in [2.75, 3.05) is 26.8 Å². The zero-order valence-electron chi connectivity index (χ0n) is 12.9. The minimum Gasteiger partial charge on any atom is -0.383 e. The normalized spacial score (nSPS) is 29.2. The van der Waals surface area contributed by atoms with Gasteiger partial charge in [-0.2, -0.15) is 0 Å². The summed E-state index contributed by atoms with van der Waals surface area (Å²) in [6.07, 6.45) is 11.2. The van der Waals surface area contributed by atoms with Crippen LogP contribution in [0.15, 0.2) is 0 Å². The van der Waals surface area contributed by atoms with Gasteiger partial charge in [0.2, 0.25) is 0 Å². The Kier molecular flexibility index (Phi) is 6.62. The standard InChI is InChI=1S/C16H32N2O/c1-3-17-15-8-6-4-5-7-9-16(15)18(12-13-19-2)14-10-11-14/h14-17H,3-13H2,1-2H3. The molecular weight excluding hydrogens is 236 g/mol. The lowest BCUT2D eigenvalue weighted by Crippen LogP contribution is -2.52. The van der Waals surface area contributed by atoms with E-state index in [9.17, 15) is 0 Å². The smallest absolute Gasteiger partial charge is 0.0589 e. The highest BCUT2D eigenvalue weighted by Crippen LogP contribution is 2.32. The average molecular weight is 268 g/mol. The molecule has 2 saturated carbocycles. The van der Waals surface area contributed by atoms with Crippen molar-refractivity contribution in [1.29, 1.82) is 0 Å². The van der Waals surface area contributed by atoms with E-state index in [1.54, 1.807) is 0 Å². The van der Waals surface area contributed by atoms with Gasteiger partial charge in [0.15, 0.2) is 0 Å². The molecule has 2 rings (SSSR count). The summed E-state index contributed by atoms with van der Waals surface area (Å²) in [6, 6.07) is 2.28. The van der Waals surface area contributed by atoms with Crippen LogP contribution in [0.25, 0.3) is 0 Å². The van der Waals surface area contributed by atoms with Crippen molar-refractivity contribution in [3.63, 3.8) is 0 Å². The molecule has 0 aromatic carbocycles. The molecular formula is C16H32N2O. The number of rotatable bonds is 7. The third kappa shape index (κ3) is 4.73. The quantitative estimate of drug-likeness (QED) is 0.768. The van der Waals surface area contributed by atoms with E-state index in [0.29, 0.717) is 6.04 Å². The Labute approximate surface area is 119 Å². The van der Waals surface area contributed by atoms with Crippen molar-refractivity contribution in [3.05, 3.63) is 0 Å². The van der Waals surface area contributed by atoms with Crippen molar-refractivity contribution in [2.45, 2.75) is 76.4 Å². The molecule has 3 nitrogen and oxygen atoms in total. The van der Waals surface area contributed by atoms with Crippen LogP contribution in [0.4, 0.5) is 0 Å². The molecule has 0 aromatic rings. The Hall–Kier alpha value is -0.120. The van der Waals surface area contributed by atoms with Gasteiger partial charge in [-0.15, -0.1) is 0 Å². The third-order valence-electron chi connectivity index (χ3n) is 4.69. The van der Waals surface area contributed by atoms with Crippen molar-refractivity contribution in [3.8, 4) is 0 Å². The fourth-order valence-electron chi connectivity index (χ4n) is 3.58. The summed E-state index contributed by atoms with van der Waals surface area (Å²) in [5.74, 6) is 0. The van der Waals surface area contributed by atoms with E-state index in [1.165, 1.54) is 51.4 Å². The maximum atomic E-state index is 5.33. The number of likely N-dealkylation sites (N-methyl/N-ethyl adjacent to an activating group) is 1. The molecule has 2 atom stereocenters. The Balaban J connectivity index is 1.99. The summed E-state index contributed by atoms with van der Waals surface area (Å²) in [4.78, 5) is 2.77. The number of nitrogens with zero attached hydrogens (tertiary/aromatic N) is 1. The van der Waals surface area contributed by atoms with Gasteiger partial charge in [0.05, 0.1) is 6.61 Å². The summed E-state index contributed by atoms with van der Waals surface area (Å²) in [6.45, 7) is 5.34.